The van der Waals surface area contributed by atoms with Gasteiger partial charge in [-0.3, -0.25) is 0 Å². The maximum atomic E-state index is 5.85. The summed E-state index contributed by atoms with van der Waals surface area (Å²) >= 11 is 0. The fourth-order valence-corrected chi connectivity index (χ4v) is 3.24. The van der Waals surface area contributed by atoms with Crippen LogP contribution in [0.3, 0.4) is 0 Å². The van der Waals surface area contributed by atoms with E-state index in [1.54, 1.807) is 12.4 Å². The number of hydrogen-bond acceptors (Lipinski definition) is 6. The zero-order chi connectivity index (χ0) is 21.2. The zero-order valence-corrected chi connectivity index (χ0v) is 21.0. The summed E-state index contributed by atoms with van der Waals surface area (Å²) in [7, 11) is 4.09. The number of nitrogens with one attached hydrogen (secondary N) is 1. The highest BCUT2D eigenvalue weighted by Crippen LogP contribution is 2.15. The Morgan fingerprint density at radius 3 is 2.55 bits per heavy atom. The lowest BCUT2D eigenvalue weighted by molar-refractivity contribution is 0.261. The van der Waals surface area contributed by atoms with Crippen LogP contribution in [0.4, 0.5) is 5.95 Å². The van der Waals surface area contributed by atoms with E-state index in [1.165, 1.54) is 0 Å². The second-order valence-electron chi connectivity index (χ2n) is 7.49. The second kappa shape index (κ2) is 13.3. The van der Waals surface area contributed by atoms with Gasteiger partial charge in [-0.1, -0.05) is 12.1 Å². The summed E-state index contributed by atoms with van der Waals surface area (Å²) in [6, 6.07) is 10.0. The van der Waals surface area contributed by atoms with Crippen molar-refractivity contribution in [2.75, 3.05) is 64.9 Å². The van der Waals surface area contributed by atoms with Gasteiger partial charge in [-0.25, -0.2) is 15.0 Å². The van der Waals surface area contributed by atoms with Crippen LogP contribution in [-0.2, 0) is 6.54 Å². The molecule has 1 N–H and O–H groups in total. The molecule has 1 saturated heterocycles. The van der Waals surface area contributed by atoms with Crippen molar-refractivity contribution in [2.45, 2.75) is 13.5 Å². The molecule has 170 valence electrons. The minimum Gasteiger partial charge on any atom is -0.492 e. The number of benzene rings is 1. The molecular weight excluding hydrogens is 505 g/mol. The molecule has 0 aliphatic carbocycles. The van der Waals surface area contributed by atoms with Gasteiger partial charge in [0.05, 0.1) is 6.54 Å². The van der Waals surface area contributed by atoms with E-state index < -0.39 is 0 Å². The van der Waals surface area contributed by atoms with Crippen LogP contribution in [-0.4, -0.2) is 85.7 Å². The van der Waals surface area contributed by atoms with Crippen molar-refractivity contribution in [3.63, 3.8) is 0 Å². The van der Waals surface area contributed by atoms with Gasteiger partial charge in [-0.15, -0.1) is 24.0 Å². The standard InChI is InChI=1S/C22H33N7O.HI/c1-4-23-21(28-11-13-29(14-12-28)22-24-9-6-10-25-22)26-18-19-7-5-8-20(17-19)30-16-15-27(2)3;/h5-10,17H,4,11-16,18H2,1-3H3,(H,23,26);1H. The molecule has 2 aromatic rings. The Morgan fingerprint density at radius 2 is 1.87 bits per heavy atom. The lowest BCUT2D eigenvalue weighted by Gasteiger charge is -2.36. The molecule has 2 heterocycles. The Kier molecular flexibility index (Phi) is 10.8. The number of halogens is 1. The van der Waals surface area contributed by atoms with Gasteiger partial charge in [0.15, 0.2) is 5.96 Å². The lowest BCUT2D eigenvalue weighted by atomic mass is 10.2. The van der Waals surface area contributed by atoms with E-state index in [0.717, 1.165) is 62.5 Å². The van der Waals surface area contributed by atoms with E-state index in [2.05, 4.69) is 49.0 Å². The van der Waals surface area contributed by atoms with Crippen LogP contribution in [0.25, 0.3) is 0 Å². The van der Waals surface area contributed by atoms with Crippen LogP contribution in [0.2, 0.25) is 0 Å². The number of aromatic nitrogens is 2. The van der Waals surface area contributed by atoms with Crippen LogP contribution < -0.4 is 15.0 Å². The zero-order valence-electron chi connectivity index (χ0n) is 18.7. The molecule has 1 aromatic heterocycles. The van der Waals surface area contributed by atoms with E-state index in [0.29, 0.717) is 13.2 Å². The summed E-state index contributed by atoms with van der Waals surface area (Å²) in [6.45, 7) is 8.67. The number of hydrogen-bond donors (Lipinski definition) is 1. The molecule has 0 atom stereocenters. The first-order valence-corrected chi connectivity index (χ1v) is 10.6. The van der Waals surface area contributed by atoms with Gasteiger partial charge < -0.3 is 24.8 Å². The molecule has 0 spiro atoms. The Morgan fingerprint density at radius 1 is 1.13 bits per heavy atom. The van der Waals surface area contributed by atoms with Crippen LogP contribution in [0, 0.1) is 0 Å². The van der Waals surface area contributed by atoms with E-state index in [1.807, 2.05) is 32.3 Å². The number of aliphatic imine (C=N–C) groups is 1. The summed E-state index contributed by atoms with van der Waals surface area (Å²) in [5, 5.41) is 3.43. The first kappa shape index (κ1) is 25.1. The molecule has 1 aliphatic rings. The number of rotatable bonds is 8. The van der Waals surface area contributed by atoms with E-state index in [4.69, 9.17) is 9.73 Å². The van der Waals surface area contributed by atoms with Gasteiger partial charge in [0.1, 0.15) is 12.4 Å². The van der Waals surface area contributed by atoms with Crippen LogP contribution >= 0.6 is 24.0 Å². The largest absolute Gasteiger partial charge is 0.492 e. The summed E-state index contributed by atoms with van der Waals surface area (Å²) in [5.41, 5.74) is 1.14. The van der Waals surface area contributed by atoms with Crippen molar-refractivity contribution in [3.05, 3.63) is 48.3 Å². The smallest absolute Gasteiger partial charge is 0.225 e. The lowest BCUT2D eigenvalue weighted by Crippen LogP contribution is -2.52. The second-order valence-corrected chi connectivity index (χ2v) is 7.49. The molecule has 8 nitrogen and oxygen atoms in total. The maximum absolute atomic E-state index is 5.85. The highest BCUT2D eigenvalue weighted by Gasteiger charge is 2.21. The molecule has 0 saturated carbocycles. The van der Waals surface area contributed by atoms with Crippen molar-refractivity contribution in [1.82, 2.24) is 25.1 Å². The van der Waals surface area contributed by atoms with Gasteiger partial charge >= 0.3 is 0 Å². The number of anilines is 1. The van der Waals surface area contributed by atoms with Gasteiger partial charge in [0.2, 0.25) is 5.95 Å². The molecule has 0 unspecified atom stereocenters. The SMILES string of the molecule is CCNC(=NCc1cccc(OCCN(C)C)c1)N1CCN(c2ncccn2)CC1.I. The highest BCUT2D eigenvalue weighted by molar-refractivity contribution is 14.0. The third-order valence-electron chi connectivity index (χ3n) is 4.87. The predicted molar refractivity (Wildman–Crippen MR) is 137 cm³/mol. The fourth-order valence-electron chi connectivity index (χ4n) is 3.24. The van der Waals surface area contributed by atoms with Crippen LogP contribution in [0.15, 0.2) is 47.7 Å². The average Bonchev–Trinajstić information content (AvgIpc) is 2.77. The topological polar surface area (TPSA) is 69.1 Å². The quantitative estimate of drug-likeness (QED) is 0.314. The van der Waals surface area contributed by atoms with Crippen molar-refractivity contribution < 1.29 is 4.74 Å². The minimum absolute atomic E-state index is 0. The fraction of sp³-hybridized carbons (Fsp3) is 0.500. The molecule has 3 rings (SSSR count). The number of likely N-dealkylation sites (N-methyl/N-ethyl adjacent to an activating group) is 1. The normalized spacial score (nSPS) is 14.4. The van der Waals surface area contributed by atoms with Crippen LogP contribution in [0.5, 0.6) is 5.75 Å². The average molecular weight is 539 g/mol. The monoisotopic (exact) mass is 539 g/mol. The van der Waals surface area contributed by atoms with Gasteiger partial charge in [0.25, 0.3) is 0 Å². The Bertz CT molecular complexity index is 795. The van der Waals surface area contributed by atoms with Gasteiger partial charge in [-0.2, -0.15) is 0 Å². The van der Waals surface area contributed by atoms with E-state index in [-0.39, 0.29) is 24.0 Å². The van der Waals surface area contributed by atoms with Gasteiger partial charge in [0, 0.05) is 51.7 Å². The van der Waals surface area contributed by atoms with Crippen molar-refractivity contribution in [1.29, 1.82) is 0 Å². The summed E-state index contributed by atoms with van der Waals surface area (Å²) < 4.78 is 5.85. The summed E-state index contributed by atoms with van der Waals surface area (Å²) in [5.74, 6) is 2.64. The minimum atomic E-state index is 0. The first-order valence-electron chi connectivity index (χ1n) is 10.6. The molecule has 0 radical (unpaired) electrons. The summed E-state index contributed by atoms with van der Waals surface area (Å²) in [6.07, 6.45) is 3.58. The number of piperazine rings is 1. The van der Waals surface area contributed by atoms with Crippen LogP contribution in [0.1, 0.15) is 12.5 Å². The predicted octanol–water partition coefficient (Wildman–Crippen LogP) is 2.32. The Balaban J connectivity index is 0.00000341. The molecule has 0 bridgehead atoms. The highest BCUT2D eigenvalue weighted by atomic mass is 127. The number of guanidine groups is 1. The van der Waals surface area contributed by atoms with E-state index in [9.17, 15) is 0 Å². The molecule has 1 aliphatic heterocycles. The maximum Gasteiger partial charge on any atom is 0.225 e. The van der Waals surface area contributed by atoms with Crippen molar-refractivity contribution in [3.8, 4) is 5.75 Å². The van der Waals surface area contributed by atoms with E-state index >= 15 is 0 Å². The number of nitrogens with zero attached hydrogens (tertiary/aromatic N) is 6. The summed E-state index contributed by atoms with van der Waals surface area (Å²) in [4.78, 5) is 20.2. The molecule has 1 aromatic carbocycles. The molecule has 31 heavy (non-hydrogen) atoms. The Labute approximate surface area is 202 Å². The molecule has 0 amide bonds. The molecule has 9 heteroatoms. The van der Waals surface area contributed by atoms with Gasteiger partial charge in [-0.05, 0) is 44.8 Å². The molecular formula is C22H34IN7O. The third kappa shape index (κ3) is 8.13. The first-order chi connectivity index (χ1) is 14.7. The van der Waals surface area contributed by atoms with Crippen molar-refractivity contribution in [2.24, 2.45) is 4.99 Å². The number of ether oxygens (including phenoxy) is 1. The molecule has 1 fully saturated rings. The van der Waals surface area contributed by atoms with Crippen molar-refractivity contribution >= 4 is 35.9 Å². The Hall–Kier alpha value is -2.14. The third-order valence-corrected chi connectivity index (χ3v) is 4.87.